The van der Waals surface area contributed by atoms with Crippen LogP contribution in [0.3, 0.4) is 0 Å². The van der Waals surface area contributed by atoms with Crippen LogP contribution >= 0.6 is 0 Å². The zero-order valence-electron chi connectivity index (χ0n) is 9.90. The SMILES string of the molecule is Fc1ccc2nccc(Nc3ccccc3F)c2c1. The molecule has 94 valence electrons. The molecule has 0 aliphatic carbocycles. The average Bonchev–Trinajstić information content (AvgIpc) is 2.42. The van der Waals surface area contributed by atoms with E-state index in [0.717, 1.165) is 0 Å². The van der Waals surface area contributed by atoms with Gasteiger partial charge in [-0.25, -0.2) is 8.78 Å². The largest absolute Gasteiger partial charge is 0.353 e. The summed E-state index contributed by atoms with van der Waals surface area (Å²) in [5, 5.41) is 3.58. The second kappa shape index (κ2) is 4.65. The van der Waals surface area contributed by atoms with Crippen molar-refractivity contribution in [3.8, 4) is 0 Å². The highest BCUT2D eigenvalue weighted by Crippen LogP contribution is 2.26. The lowest BCUT2D eigenvalue weighted by Gasteiger charge is -2.10. The monoisotopic (exact) mass is 256 g/mol. The summed E-state index contributed by atoms with van der Waals surface area (Å²) in [5.41, 5.74) is 1.62. The van der Waals surface area contributed by atoms with Gasteiger partial charge in [0.1, 0.15) is 11.6 Å². The van der Waals surface area contributed by atoms with Gasteiger partial charge in [0.05, 0.1) is 11.2 Å². The number of aromatic nitrogens is 1. The van der Waals surface area contributed by atoms with Gasteiger partial charge in [-0.05, 0) is 36.4 Å². The summed E-state index contributed by atoms with van der Waals surface area (Å²) < 4.78 is 26.9. The first kappa shape index (κ1) is 11.6. The summed E-state index contributed by atoms with van der Waals surface area (Å²) >= 11 is 0. The number of nitrogens with one attached hydrogen (secondary N) is 1. The Morgan fingerprint density at radius 3 is 2.58 bits per heavy atom. The van der Waals surface area contributed by atoms with Crippen molar-refractivity contribution >= 4 is 22.3 Å². The number of para-hydroxylation sites is 1. The smallest absolute Gasteiger partial charge is 0.146 e. The van der Waals surface area contributed by atoms with Crippen molar-refractivity contribution < 1.29 is 8.78 Å². The highest BCUT2D eigenvalue weighted by Gasteiger charge is 2.06. The molecule has 0 amide bonds. The second-order valence-electron chi connectivity index (χ2n) is 4.12. The number of nitrogens with zero attached hydrogens (tertiary/aromatic N) is 1. The number of hydrogen-bond donors (Lipinski definition) is 1. The van der Waals surface area contributed by atoms with E-state index in [1.54, 1.807) is 36.5 Å². The number of rotatable bonds is 2. The number of fused-ring (bicyclic) bond motifs is 1. The fourth-order valence-electron chi connectivity index (χ4n) is 1.94. The van der Waals surface area contributed by atoms with E-state index in [2.05, 4.69) is 10.3 Å². The summed E-state index contributed by atoms with van der Waals surface area (Å²) in [6.07, 6.45) is 1.60. The zero-order valence-corrected chi connectivity index (χ0v) is 9.90. The second-order valence-corrected chi connectivity index (χ2v) is 4.12. The van der Waals surface area contributed by atoms with E-state index < -0.39 is 0 Å². The molecule has 0 aliphatic rings. The number of anilines is 2. The molecule has 19 heavy (non-hydrogen) atoms. The molecule has 2 nitrogen and oxygen atoms in total. The lowest BCUT2D eigenvalue weighted by molar-refractivity contribution is 0.629. The quantitative estimate of drug-likeness (QED) is 0.741. The van der Waals surface area contributed by atoms with Gasteiger partial charge in [0, 0.05) is 17.3 Å². The topological polar surface area (TPSA) is 24.9 Å². The molecule has 0 radical (unpaired) electrons. The van der Waals surface area contributed by atoms with E-state index >= 15 is 0 Å². The Morgan fingerprint density at radius 2 is 1.74 bits per heavy atom. The van der Waals surface area contributed by atoms with Gasteiger partial charge in [-0.15, -0.1) is 0 Å². The third-order valence-electron chi connectivity index (χ3n) is 2.85. The molecular weight excluding hydrogens is 246 g/mol. The Kier molecular flexibility index (Phi) is 2.83. The molecule has 4 heteroatoms. The molecule has 0 spiro atoms. The summed E-state index contributed by atoms with van der Waals surface area (Å²) in [6, 6.07) is 12.4. The minimum atomic E-state index is -0.358. The molecule has 3 aromatic rings. The summed E-state index contributed by atoms with van der Waals surface area (Å²) in [5.74, 6) is -0.707. The lowest BCUT2D eigenvalue weighted by atomic mass is 10.1. The Hall–Kier alpha value is -2.49. The molecule has 0 bridgehead atoms. The molecule has 0 saturated carbocycles. The number of halogens is 2. The Labute approximate surface area is 108 Å². The molecule has 1 heterocycles. The van der Waals surface area contributed by atoms with E-state index in [1.165, 1.54) is 18.2 Å². The van der Waals surface area contributed by atoms with E-state index in [0.29, 0.717) is 22.3 Å². The first-order valence-electron chi connectivity index (χ1n) is 5.80. The molecule has 0 atom stereocenters. The maximum absolute atomic E-state index is 13.6. The first-order chi connectivity index (χ1) is 9.24. The van der Waals surface area contributed by atoms with Crippen LogP contribution in [0.1, 0.15) is 0 Å². The first-order valence-corrected chi connectivity index (χ1v) is 5.80. The number of hydrogen-bond acceptors (Lipinski definition) is 2. The van der Waals surface area contributed by atoms with E-state index in [1.807, 2.05) is 0 Å². The summed E-state index contributed by atoms with van der Waals surface area (Å²) in [4.78, 5) is 4.15. The van der Waals surface area contributed by atoms with Crippen LogP contribution in [0.4, 0.5) is 20.2 Å². The minimum Gasteiger partial charge on any atom is -0.353 e. The zero-order chi connectivity index (χ0) is 13.2. The predicted octanol–water partition coefficient (Wildman–Crippen LogP) is 4.26. The average molecular weight is 256 g/mol. The van der Waals surface area contributed by atoms with Gasteiger partial charge < -0.3 is 5.32 Å². The van der Waals surface area contributed by atoms with Gasteiger partial charge in [0.2, 0.25) is 0 Å². The van der Waals surface area contributed by atoms with Crippen molar-refractivity contribution in [1.82, 2.24) is 4.98 Å². The maximum atomic E-state index is 13.6. The Balaban J connectivity index is 2.10. The van der Waals surface area contributed by atoms with E-state index in [9.17, 15) is 8.78 Å². The van der Waals surface area contributed by atoms with E-state index in [4.69, 9.17) is 0 Å². The predicted molar refractivity (Wildman–Crippen MR) is 71.4 cm³/mol. The fourth-order valence-corrected chi connectivity index (χ4v) is 1.94. The minimum absolute atomic E-state index is 0.347. The van der Waals surface area contributed by atoms with Crippen LogP contribution in [-0.2, 0) is 0 Å². The van der Waals surface area contributed by atoms with Gasteiger partial charge in [0.15, 0.2) is 0 Å². The molecular formula is C15H10F2N2. The van der Waals surface area contributed by atoms with Gasteiger partial charge in [-0.2, -0.15) is 0 Å². The van der Waals surface area contributed by atoms with Crippen LogP contribution in [-0.4, -0.2) is 4.98 Å². The molecule has 3 rings (SSSR count). The Morgan fingerprint density at radius 1 is 0.895 bits per heavy atom. The molecule has 0 fully saturated rings. The van der Waals surface area contributed by atoms with Crippen LogP contribution in [0.2, 0.25) is 0 Å². The number of benzene rings is 2. The Bertz CT molecular complexity index is 741. The van der Waals surface area contributed by atoms with Crippen LogP contribution in [0.5, 0.6) is 0 Å². The van der Waals surface area contributed by atoms with Crippen molar-refractivity contribution in [3.63, 3.8) is 0 Å². The lowest BCUT2D eigenvalue weighted by Crippen LogP contribution is -1.95. The van der Waals surface area contributed by atoms with Crippen molar-refractivity contribution in [2.24, 2.45) is 0 Å². The van der Waals surface area contributed by atoms with Gasteiger partial charge in [0.25, 0.3) is 0 Å². The maximum Gasteiger partial charge on any atom is 0.146 e. The van der Waals surface area contributed by atoms with Crippen LogP contribution < -0.4 is 5.32 Å². The van der Waals surface area contributed by atoms with Gasteiger partial charge >= 0.3 is 0 Å². The molecule has 0 saturated heterocycles. The van der Waals surface area contributed by atoms with Gasteiger partial charge in [-0.1, -0.05) is 12.1 Å². The molecule has 0 unspecified atom stereocenters. The molecule has 1 N–H and O–H groups in total. The van der Waals surface area contributed by atoms with Crippen LogP contribution in [0, 0.1) is 11.6 Å². The normalized spacial score (nSPS) is 10.6. The third kappa shape index (κ3) is 2.25. The van der Waals surface area contributed by atoms with Gasteiger partial charge in [-0.3, -0.25) is 4.98 Å². The van der Waals surface area contributed by atoms with Crippen molar-refractivity contribution in [2.45, 2.75) is 0 Å². The van der Waals surface area contributed by atoms with Crippen molar-refractivity contribution in [2.75, 3.05) is 5.32 Å². The highest BCUT2D eigenvalue weighted by molar-refractivity contribution is 5.92. The van der Waals surface area contributed by atoms with Crippen LogP contribution in [0.15, 0.2) is 54.7 Å². The molecule has 2 aromatic carbocycles. The van der Waals surface area contributed by atoms with Crippen molar-refractivity contribution in [1.29, 1.82) is 0 Å². The fraction of sp³-hybridized carbons (Fsp3) is 0. The van der Waals surface area contributed by atoms with Crippen LogP contribution in [0.25, 0.3) is 10.9 Å². The summed E-state index contributed by atoms with van der Waals surface area (Å²) in [6.45, 7) is 0. The molecule has 1 aromatic heterocycles. The van der Waals surface area contributed by atoms with Crippen molar-refractivity contribution in [3.05, 3.63) is 66.4 Å². The summed E-state index contributed by atoms with van der Waals surface area (Å²) in [7, 11) is 0. The third-order valence-corrected chi connectivity index (χ3v) is 2.85. The highest BCUT2D eigenvalue weighted by atomic mass is 19.1. The van der Waals surface area contributed by atoms with E-state index in [-0.39, 0.29) is 11.6 Å². The molecule has 0 aliphatic heterocycles. The standard InChI is InChI=1S/C15H10F2N2/c16-10-5-6-13-11(9-10)14(7-8-18-13)19-15-4-2-1-3-12(15)17/h1-9H,(H,18,19). The number of pyridine rings is 1.